The number of rotatable bonds is 4. The van der Waals surface area contributed by atoms with Gasteiger partial charge in [-0.25, -0.2) is 0 Å². The summed E-state index contributed by atoms with van der Waals surface area (Å²) in [4.78, 5) is 7.90. The summed E-state index contributed by atoms with van der Waals surface area (Å²) in [6, 6.07) is 6.41. The molecule has 4 N–H and O–H groups in total. The molecule has 0 saturated carbocycles. The molecule has 0 aliphatic carbocycles. The Bertz CT molecular complexity index is 627. The van der Waals surface area contributed by atoms with Gasteiger partial charge in [0, 0.05) is 18.3 Å². The molecule has 1 heterocycles. The minimum absolute atomic E-state index is 0.0305. The molecule has 1 aromatic carbocycles. The van der Waals surface area contributed by atoms with E-state index in [2.05, 4.69) is 20.6 Å². The molecule has 0 spiro atoms. The van der Waals surface area contributed by atoms with Gasteiger partial charge in [-0.05, 0) is 25.1 Å². The fraction of sp³-hybridized carbons (Fsp3) is 0.231. The lowest BCUT2D eigenvalue weighted by Crippen LogP contribution is -2.07. The van der Waals surface area contributed by atoms with Crippen molar-refractivity contribution in [1.29, 1.82) is 0 Å². The van der Waals surface area contributed by atoms with Crippen LogP contribution in [0.4, 0.5) is 36.4 Å². The number of nitrogens with two attached hydrogens (primary N) is 1. The van der Waals surface area contributed by atoms with E-state index in [4.69, 9.17) is 5.73 Å². The number of halogens is 3. The van der Waals surface area contributed by atoms with E-state index in [0.29, 0.717) is 18.2 Å². The molecule has 2 rings (SSSR count). The summed E-state index contributed by atoms with van der Waals surface area (Å²) in [6.07, 6.45) is -4.39. The van der Waals surface area contributed by atoms with Crippen molar-refractivity contribution in [2.24, 2.45) is 0 Å². The molecule has 0 bridgehead atoms. The molecule has 0 radical (unpaired) electrons. The zero-order valence-corrected chi connectivity index (χ0v) is 11.2. The minimum Gasteiger partial charge on any atom is -0.370 e. The van der Waals surface area contributed by atoms with Gasteiger partial charge in [0.05, 0.1) is 5.56 Å². The van der Waals surface area contributed by atoms with Crippen LogP contribution in [0.15, 0.2) is 30.3 Å². The van der Waals surface area contributed by atoms with Gasteiger partial charge >= 0.3 is 6.18 Å². The van der Waals surface area contributed by atoms with Crippen LogP contribution in [-0.4, -0.2) is 16.5 Å². The van der Waals surface area contributed by atoms with E-state index in [1.165, 1.54) is 12.1 Å². The fourth-order valence-electron chi connectivity index (χ4n) is 1.72. The number of aromatic nitrogens is 2. The third-order valence-electron chi connectivity index (χ3n) is 2.56. The maximum absolute atomic E-state index is 12.7. The maximum atomic E-state index is 12.7. The molecule has 0 aliphatic rings. The van der Waals surface area contributed by atoms with Gasteiger partial charge < -0.3 is 16.4 Å². The quantitative estimate of drug-likeness (QED) is 0.807. The lowest BCUT2D eigenvalue weighted by Gasteiger charge is -2.11. The Morgan fingerprint density at radius 2 is 1.86 bits per heavy atom. The second-order valence-corrected chi connectivity index (χ2v) is 4.23. The van der Waals surface area contributed by atoms with Crippen LogP contribution < -0.4 is 16.4 Å². The number of alkyl halides is 3. The summed E-state index contributed by atoms with van der Waals surface area (Å²) >= 11 is 0. The lowest BCUT2D eigenvalue weighted by atomic mass is 10.2. The molecule has 0 atom stereocenters. The zero-order valence-electron chi connectivity index (χ0n) is 11.2. The molecule has 1 aromatic heterocycles. The third-order valence-corrected chi connectivity index (χ3v) is 2.56. The van der Waals surface area contributed by atoms with E-state index in [9.17, 15) is 13.2 Å². The number of benzene rings is 1. The van der Waals surface area contributed by atoms with E-state index >= 15 is 0 Å². The molecule has 21 heavy (non-hydrogen) atoms. The highest BCUT2D eigenvalue weighted by molar-refractivity contribution is 5.61. The number of hydrogen-bond acceptors (Lipinski definition) is 5. The first-order valence-electron chi connectivity index (χ1n) is 6.21. The summed E-state index contributed by atoms with van der Waals surface area (Å²) < 4.78 is 38.0. The van der Waals surface area contributed by atoms with Crippen molar-refractivity contribution in [3.05, 3.63) is 35.9 Å². The van der Waals surface area contributed by atoms with Gasteiger partial charge in [-0.1, -0.05) is 6.07 Å². The van der Waals surface area contributed by atoms with E-state index in [1.807, 2.05) is 6.92 Å². The first-order valence-corrected chi connectivity index (χ1v) is 6.21. The minimum atomic E-state index is -4.39. The summed E-state index contributed by atoms with van der Waals surface area (Å²) in [6.45, 7) is 2.53. The Kier molecular flexibility index (Phi) is 4.15. The monoisotopic (exact) mass is 297 g/mol. The maximum Gasteiger partial charge on any atom is 0.416 e. The topological polar surface area (TPSA) is 75.9 Å². The van der Waals surface area contributed by atoms with Crippen LogP contribution in [0.2, 0.25) is 0 Å². The number of nitrogens with one attached hydrogen (secondary N) is 2. The van der Waals surface area contributed by atoms with Crippen molar-refractivity contribution in [3.63, 3.8) is 0 Å². The number of nitrogens with zero attached hydrogens (tertiary/aromatic N) is 2. The Morgan fingerprint density at radius 1 is 1.14 bits per heavy atom. The SMILES string of the molecule is CCNc1cc(Nc2cccc(C(F)(F)F)c2)nc(N)n1. The standard InChI is InChI=1S/C13H14F3N5/c1-2-18-10-7-11(21-12(17)20-10)19-9-5-3-4-8(6-9)13(14,15)16/h3-7H,2H2,1H3,(H4,17,18,19,20,21). The summed E-state index contributed by atoms with van der Waals surface area (Å²) in [7, 11) is 0. The van der Waals surface area contributed by atoms with Crippen molar-refractivity contribution in [3.8, 4) is 0 Å². The molecule has 0 amide bonds. The van der Waals surface area contributed by atoms with E-state index in [1.54, 1.807) is 6.07 Å². The molecular weight excluding hydrogens is 283 g/mol. The molecule has 0 unspecified atom stereocenters. The van der Waals surface area contributed by atoms with Crippen LogP contribution in [0, 0.1) is 0 Å². The van der Waals surface area contributed by atoms with E-state index in [-0.39, 0.29) is 11.6 Å². The highest BCUT2D eigenvalue weighted by atomic mass is 19.4. The fourth-order valence-corrected chi connectivity index (χ4v) is 1.72. The van der Waals surface area contributed by atoms with Crippen LogP contribution in [-0.2, 0) is 6.18 Å². The van der Waals surface area contributed by atoms with Gasteiger partial charge in [-0.2, -0.15) is 23.1 Å². The molecular formula is C13H14F3N5. The molecule has 0 fully saturated rings. The van der Waals surface area contributed by atoms with Crippen LogP contribution in [0.5, 0.6) is 0 Å². The predicted octanol–water partition coefficient (Wildman–Crippen LogP) is 3.25. The second-order valence-electron chi connectivity index (χ2n) is 4.23. The van der Waals surface area contributed by atoms with Gasteiger partial charge in [-0.3, -0.25) is 0 Å². The van der Waals surface area contributed by atoms with E-state index in [0.717, 1.165) is 12.1 Å². The number of hydrogen-bond donors (Lipinski definition) is 3. The molecule has 5 nitrogen and oxygen atoms in total. The Morgan fingerprint density at radius 3 is 2.52 bits per heavy atom. The average molecular weight is 297 g/mol. The van der Waals surface area contributed by atoms with Crippen molar-refractivity contribution >= 4 is 23.3 Å². The van der Waals surface area contributed by atoms with Crippen LogP contribution >= 0.6 is 0 Å². The smallest absolute Gasteiger partial charge is 0.370 e. The first kappa shape index (κ1) is 14.9. The molecule has 0 saturated heterocycles. The van der Waals surface area contributed by atoms with Crippen LogP contribution in [0.25, 0.3) is 0 Å². The zero-order chi connectivity index (χ0) is 15.5. The average Bonchev–Trinajstić information content (AvgIpc) is 2.37. The van der Waals surface area contributed by atoms with Gasteiger partial charge in [0.25, 0.3) is 0 Å². The third kappa shape index (κ3) is 3.98. The van der Waals surface area contributed by atoms with Gasteiger partial charge in [0.2, 0.25) is 5.95 Å². The van der Waals surface area contributed by atoms with Crippen molar-refractivity contribution < 1.29 is 13.2 Å². The lowest BCUT2D eigenvalue weighted by molar-refractivity contribution is -0.137. The van der Waals surface area contributed by atoms with Crippen molar-refractivity contribution in [2.45, 2.75) is 13.1 Å². The second kappa shape index (κ2) is 5.86. The number of nitrogen functional groups attached to an aromatic ring is 1. The molecule has 0 aliphatic heterocycles. The molecule has 8 heteroatoms. The Hall–Kier alpha value is -2.51. The highest BCUT2D eigenvalue weighted by Gasteiger charge is 2.30. The predicted molar refractivity (Wildman–Crippen MR) is 75.3 cm³/mol. The van der Waals surface area contributed by atoms with Gasteiger partial charge in [0.1, 0.15) is 11.6 Å². The Balaban J connectivity index is 2.26. The molecule has 112 valence electrons. The number of anilines is 4. The van der Waals surface area contributed by atoms with Crippen LogP contribution in [0.3, 0.4) is 0 Å². The summed E-state index contributed by atoms with van der Waals surface area (Å²) in [5.41, 5.74) is 5.09. The largest absolute Gasteiger partial charge is 0.416 e. The summed E-state index contributed by atoms with van der Waals surface area (Å²) in [5.74, 6) is 0.847. The van der Waals surface area contributed by atoms with Crippen LogP contribution in [0.1, 0.15) is 12.5 Å². The van der Waals surface area contributed by atoms with Crippen molar-refractivity contribution in [1.82, 2.24) is 9.97 Å². The Labute approximate surface area is 119 Å². The highest BCUT2D eigenvalue weighted by Crippen LogP contribution is 2.31. The van der Waals surface area contributed by atoms with Gasteiger partial charge in [0.15, 0.2) is 0 Å². The van der Waals surface area contributed by atoms with Gasteiger partial charge in [-0.15, -0.1) is 0 Å². The van der Waals surface area contributed by atoms with E-state index < -0.39 is 11.7 Å². The summed E-state index contributed by atoms with van der Waals surface area (Å²) in [5, 5.41) is 5.74. The molecule has 2 aromatic rings. The first-order chi connectivity index (χ1) is 9.88. The normalized spacial score (nSPS) is 11.2. The van der Waals surface area contributed by atoms with Crippen molar-refractivity contribution in [2.75, 3.05) is 22.9 Å².